The number of hydrogen-bond acceptors (Lipinski definition) is 3. The lowest BCUT2D eigenvalue weighted by Gasteiger charge is -2.14. The van der Waals surface area contributed by atoms with Crippen LogP contribution in [0, 0.1) is 5.92 Å². The Kier molecular flexibility index (Phi) is 3.69. The van der Waals surface area contributed by atoms with Gasteiger partial charge in [-0.3, -0.25) is 16.3 Å². The van der Waals surface area contributed by atoms with E-state index in [1.165, 1.54) is 19.3 Å². The van der Waals surface area contributed by atoms with Crippen LogP contribution in [0.5, 0.6) is 0 Å². The molecule has 0 aliphatic heterocycles. The van der Waals surface area contributed by atoms with Crippen molar-refractivity contribution in [3.8, 4) is 0 Å². The van der Waals surface area contributed by atoms with Gasteiger partial charge in [-0.15, -0.1) is 0 Å². The van der Waals surface area contributed by atoms with E-state index in [-0.39, 0.29) is 0 Å². The van der Waals surface area contributed by atoms with Crippen LogP contribution in [0.25, 0.3) is 0 Å². The second-order valence-electron chi connectivity index (χ2n) is 4.41. The Morgan fingerprint density at radius 3 is 2.93 bits per heavy atom. The summed E-state index contributed by atoms with van der Waals surface area (Å²) in [4.78, 5) is 4.31. The van der Waals surface area contributed by atoms with E-state index in [2.05, 4.69) is 16.5 Å². The van der Waals surface area contributed by atoms with Gasteiger partial charge in [-0.05, 0) is 30.9 Å². The van der Waals surface area contributed by atoms with Crippen LogP contribution in [0.4, 0.5) is 0 Å². The number of nitrogens with zero attached hydrogens (tertiary/aromatic N) is 1. The molecule has 3 nitrogen and oxygen atoms in total. The second kappa shape index (κ2) is 5.24. The molecule has 0 bridgehead atoms. The maximum atomic E-state index is 5.55. The highest BCUT2D eigenvalue weighted by molar-refractivity contribution is 5.05. The fraction of sp³-hybridized carbons (Fsp3) is 0.583. The van der Waals surface area contributed by atoms with Gasteiger partial charge in [0, 0.05) is 24.4 Å². The van der Waals surface area contributed by atoms with Crippen molar-refractivity contribution < 1.29 is 0 Å². The minimum atomic E-state index is 0.375. The average Bonchev–Trinajstić information content (AvgIpc) is 3.09. The van der Waals surface area contributed by atoms with Crippen LogP contribution in [0.15, 0.2) is 24.4 Å². The maximum Gasteiger partial charge on any atom is 0.0419 e. The van der Waals surface area contributed by atoms with Gasteiger partial charge in [-0.1, -0.05) is 18.9 Å². The van der Waals surface area contributed by atoms with Crippen LogP contribution < -0.4 is 11.3 Å². The van der Waals surface area contributed by atoms with Crippen molar-refractivity contribution in [2.75, 3.05) is 0 Å². The molecule has 1 atom stereocenters. The van der Waals surface area contributed by atoms with Crippen LogP contribution in [-0.4, -0.2) is 11.0 Å². The molecule has 0 radical (unpaired) electrons. The summed E-state index contributed by atoms with van der Waals surface area (Å²) in [6.07, 6.45) is 8.08. The van der Waals surface area contributed by atoms with E-state index in [9.17, 15) is 0 Å². The highest BCUT2D eigenvalue weighted by Gasteiger charge is 2.22. The standard InChI is InChI=1S/C12H19N3/c13-15-12(7-6-10-4-5-10)9-11-3-1-2-8-14-11/h1-3,8,10,12,15H,4-7,9,13H2. The van der Waals surface area contributed by atoms with Gasteiger partial charge < -0.3 is 0 Å². The van der Waals surface area contributed by atoms with Crippen molar-refractivity contribution >= 4 is 0 Å². The smallest absolute Gasteiger partial charge is 0.0419 e. The lowest BCUT2D eigenvalue weighted by atomic mass is 10.0. The molecule has 2 rings (SSSR count). The van der Waals surface area contributed by atoms with Gasteiger partial charge in [0.2, 0.25) is 0 Å². The fourth-order valence-electron chi connectivity index (χ4n) is 1.86. The first-order chi connectivity index (χ1) is 7.38. The summed E-state index contributed by atoms with van der Waals surface area (Å²) >= 11 is 0. The predicted molar refractivity (Wildman–Crippen MR) is 61.0 cm³/mol. The monoisotopic (exact) mass is 205 g/mol. The minimum absolute atomic E-state index is 0.375. The fourth-order valence-corrected chi connectivity index (χ4v) is 1.86. The maximum absolute atomic E-state index is 5.55. The lowest BCUT2D eigenvalue weighted by molar-refractivity contribution is 0.459. The zero-order valence-corrected chi connectivity index (χ0v) is 9.02. The first-order valence-electron chi connectivity index (χ1n) is 5.74. The van der Waals surface area contributed by atoms with Crippen molar-refractivity contribution in [3.05, 3.63) is 30.1 Å². The SMILES string of the molecule is NNC(CCC1CC1)Cc1ccccn1. The minimum Gasteiger partial charge on any atom is -0.271 e. The zero-order chi connectivity index (χ0) is 10.5. The van der Waals surface area contributed by atoms with Crippen LogP contribution in [-0.2, 0) is 6.42 Å². The van der Waals surface area contributed by atoms with Crippen molar-refractivity contribution in [3.63, 3.8) is 0 Å². The highest BCUT2D eigenvalue weighted by Crippen LogP contribution is 2.33. The first kappa shape index (κ1) is 10.6. The Labute approximate surface area is 91.1 Å². The van der Waals surface area contributed by atoms with E-state index in [1.54, 1.807) is 0 Å². The molecule has 1 aromatic rings. The van der Waals surface area contributed by atoms with Crippen molar-refractivity contribution in [2.24, 2.45) is 11.8 Å². The summed E-state index contributed by atoms with van der Waals surface area (Å²) in [7, 11) is 0. The van der Waals surface area contributed by atoms with E-state index in [0.717, 1.165) is 24.5 Å². The second-order valence-corrected chi connectivity index (χ2v) is 4.41. The molecule has 1 saturated carbocycles. The molecule has 0 aromatic carbocycles. The molecule has 3 N–H and O–H groups in total. The Morgan fingerprint density at radius 1 is 1.47 bits per heavy atom. The largest absolute Gasteiger partial charge is 0.271 e. The molecular formula is C12H19N3. The molecule has 0 saturated heterocycles. The molecule has 0 amide bonds. The van der Waals surface area contributed by atoms with Gasteiger partial charge in [-0.25, -0.2) is 0 Å². The predicted octanol–water partition coefficient (Wildman–Crippen LogP) is 1.65. The molecule has 1 aliphatic carbocycles. The van der Waals surface area contributed by atoms with Gasteiger partial charge in [0.25, 0.3) is 0 Å². The Bertz CT molecular complexity index is 282. The van der Waals surface area contributed by atoms with E-state index in [0.29, 0.717) is 6.04 Å². The summed E-state index contributed by atoms with van der Waals surface area (Å²) < 4.78 is 0. The number of aromatic nitrogens is 1. The number of rotatable bonds is 6. The van der Waals surface area contributed by atoms with Gasteiger partial charge in [-0.2, -0.15) is 0 Å². The zero-order valence-electron chi connectivity index (χ0n) is 9.02. The molecule has 82 valence electrons. The third kappa shape index (κ3) is 3.61. The van der Waals surface area contributed by atoms with Gasteiger partial charge in [0.05, 0.1) is 0 Å². The number of hydrazine groups is 1. The Balaban J connectivity index is 1.78. The topological polar surface area (TPSA) is 50.9 Å². The average molecular weight is 205 g/mol. The molecule has 1 unspecified atom stereocenters. The van der Waals surface area contributed by atoms with Crippen LogP contribution in [0.1, 0.15) is 31.4 Å². The number of hydrogen-bond donors (Lipinski definition) is 2. The van der Waals surface area contributed by atoms with E-state index >= 15 is 0 Å². The number of nitrogens with two attached hydrogens (primary N) is 1. The summed E-state index contributed by atoms with van der Waals surface area (Å²) in [6.45, 7) is 0. The summed E-state index contributed by atoms with van der Waals surface area (Å²) in [5.74, 6) is 6.53. The number of nitrogens with one attached hydrogen (secondary N) is 1. The van der Waals surface area contributed by atoms with Gasteiger partial charge in [0.1, 0.15) is 0 Å². The Morgan fingerprint density at radius 2 is 2.33 bits per heavy atom. The van der Waals surface area contributed by atoms with Crippen LogP contribution >= 0.6 is 0 Å². The quantitative estimate of drug-likeness (QED) is 0.548. The van der Waals surface area contributed by atoms with E-state index in [1.807, 2.05) is 18.3 Å². The summed E-state index contributed by atoms with van der Waals surface area (Å²) in [6, 6.07) is 6.40. The molecule has 1 fully saturated rings. The van der Waals surface area contributed by atoms with E-state index in [4.69, 9.17) is 5.84 Å². The molecular weight excluding hydrogens is 186 g/mol. The lowest BCUT2D eigenvalue weighted by Crippen LogP contribution is -2.37. The molecule has 3 heteroatoms. The van der Waals surface area contributed by atoms with Gasteiger partial charge in [0.15, 0.2) is 0 Å². The van der Waals surface area contributed by atoms with Crippen molar-refractivity contribution in [1.82, 2.24) is 10.4 Å². The first-order valence-corrected chi connectivity index (χ1v) is 5.74. The number of pyridine rings is 1. The molecule has 1 heterocycles. The van der Waals surface area contributed by atoms with Gasteiger partial charge >= 0.3 is 0 Å². The van der Waals surface area contributed by atoms with Crippen LogP contribution in [0.2, 0.25) is 0 Å². The molecule has 1 aliphatic rings. The molecule has 1 aromatic heterocycles. The van der Waals surface area contributed by atoms with E-state index < -0.39 is 0 Å². The van der Waals surface area contributed by atoms with Crippen molar-refractivity contribution in [1.29, 1.82) is 0 Å². The van der Waals surface area contributed by atoms with Crippen LogP contribution in [0.3, 0.4) is 0 Å². The third-order valence-electron chi connectivity index (χ3n) is 3.04. The Hall–Kier alpha value is -0.930. The summed E-state index contributed by atoms with van der Waals surface area (Å²) in [5.41, 5.74) is 4.02. The van der Waals surface area contributed by atoms with Crippen molar-refractivity contribution in [2.45, 2.75) is 38.1 Å². The summed E-state index contributed by atoms with van der Waals surface area (Å²) in [5, 5.41) is 0. The highest BCUT2D eigenvalue weighted by atomic mass is 15.2. The molecule has 0 spiro atoms. The third-order valence-corrected chi connectivity index (χ3v) is 3.04. The normalized spacial score (nSPS) is 17.7. The molecule has 15 heavy (non-hydrogen) atoms.